The summed E-state index contributed by atoms with van der Waals surface area (Å²) in [5.74, 6) is -3.77. The first-order valence-corrected chi connectivity index (χ1v) is 10.1. The van der Waals surface area contributed by atoms with Gasteiger partial charge in [0.2, 0.25) is 0 Å². The second-order valence-corrected chi connectivity index (χ2v) is 8.26. The Balaban J connectivity index is 2.20. The topological polar surface area (TPSA) is 177 Å². The maximum absolute atomic E-state index is 12.2. The third-order valence-electron chi connectivity index (χ3n) is 4.96. The van der Waals surface area contributed by atoms with Crippen LogP contribution in [-0.4, -0.2) is 37.3 Å². The van der Waals surface area contributed by atoms with Gasteiger partial charge in [0.15, 0.2) is 0 Å². The molecule has 0 amide bonds. The summed E-state index contributed by atoms with van der Waals surface area (Å²) in [4.78, 5) is 49.0. The molecule has 0 unspecified atom stereocenters. The van der Waals surface area contributed by atoms with Crippen molar-refractivity contribution >= 4 is 35.2 Å². The minimum atomic E-state index is -1.67. The Morgan fingerprint density at radius 3 is 2.33 bits per heavy atom. The molecule has 0 saturated heterocycles. The largest absolute Gasteiger partial charge is 0.478 e. The molecule has 1 heterocycles. The van der Waals surface area contributed by atoms with Crippen molar-refractivity contribution in [3.8, 4) is 11.1 Å². The fourth-order valence-electron chi connectivity index (χ4n) is 3.61. The molecule has 0 spiro atoms. The SMILES string of the molecule is Nc1[nH]c(=O)c(C(=O)O)c(-c2ccc(SC3CCCCC3)c([N+](=O)[O-])c2)c1C(=O)O. The number of nitrogens with two attached hydrogens (primary N) is 1. The van der Waals surface area contributed by atoms with Gasteiger partial charge in [-0.3, -0.25) is 14.9 Å². The molecule has 0 bridgehead atoms. The van der Waals surface area contributed by atoms with Crippen molar-refractivity contribution < 1.29 is 24.7 Å². The molecule has 1 aliphatic carbocycles. The van der Waals surface area contributed by atoms with Crippen molar-refractivity contribution in [1.29, 1.82) is 0 Å². The third kappa shape index (κ3) is 4.15. The summed E-state index contributed by atoms with van der Waals surface area (Å²) in [7, 11) is 0. The third-order valence-corrected chi connectivity index (χ3v) is 6.37. The zero-order chi connectivity index (χ0) is 22.0. The quantitative estimate of drug-likeness (QED) is 0.393. The van der Waals surface area contributed by atoms with Crippen LogP contribution in [0.5, 0.6) is 0 Å². The number of thioether (sulfide) groups is 1. The molecule has 5 N–H and O–H groups in total. The molecular formula is C19H19N3O7S. The van der Waals surface area contributed by atoms with Crippen molar-refractivity contribution in [2.24, 2.45) is 0 Å². The van der Waals surface area contributed by atoms with Crippen molar-refractivity contribution in [1.82, 2.24) is 4.98 Å². The van der Waals surface area contributed by atoms with E-state index in [2.05, 4.69) is 0 Å². The number of aromatic amines is 1. The number of nitro benzene ring substituents is 1. The van der Waals surface area contributed by atoms with Gasteiger partial charge in [-0.15, -0.1) is 11.8 Å². The number of nitro groups is 1. The molecule has 1 aromatic heterocycles. The van der Waals surface area contributed by atoms with Gasteiger partial charge in [0.25, 0.3) is 11.2 Å². The molecule has 1 aliphatic rings. The summed E-state index contributed by atoms with van der Waals surface area (Å²) in [6, 6.07) is 3.94. The molecule has 3 rings (SSSR count). The van der Waals surface area contributed by atoms with Gasteiger partial charge in [-0.1, -0.05) is 25.3 Å². The summed E-state index contributed by atoms with van der Waals surface area (Å²) >= 11 is 1.38. The first kappa shape index (κ1) is 21.4. The number of anilines is 1. The van der Waals surface area contributed by atoms with Crippen LogP contribution in [0.15, 0.2) is 27.9 Å². The van der Waals surface area contributed by atoms with Crippen LogP contribution < -0.4 is 11.3 Å². The molecular weight excluding hydrogens is 414 g/mol. The second kappa shape index (κ2) is 8.57. The van der Waals surface area contributed by atoms with Crippen LogP contribution in [-0.2, 0) is 0 Å². The number of aromatic nitrogens is 1. The lowest BCUT2D eigenvalue weighted by molar-refractivity contribution is -0.387. The Morgan fingerprint density at radius 2 is 1.77 bits per heavy atom. The van der Waals surface area contributed by atoms with Crippen molar-refractivity contribution in [2.75, 3.05) is 5.73 Å². The Bertz CT molecular complexity index is 1090. The maximum Gasteiger partial charge on any atom is 0.342 e. The number of carboxylic acids is 2. The molecule has 2 aromatic rings. The standard InChI is InChI=1S/C19H19N3O7S/c20-16-14(18(24)25)13(15(19(26)27)17(23)21-16)9-6-7-12(11(8-9)22(28)29)30-10-4-2-1-3-5-10/h6-8,10H,1-5H2,(H,24,25)(H,26,27)(H3,20,21,23). The minimum Gasteiger partial charge on any atom is -0.478 e. The predicted molar refractivity (Wildman–Crippen MR) is 110 cm³/mol. The first-order valence-electron chi connectivity index (χ1n) is 9.18. The number of nitrogens with zero attached hydrogens (tertiary/aromatic N) is 1. The summed E-state index contributed by atoms with van der Waals surface area (Å²) in [6.45, 7) is 0. The fourth-order valence-corrected chi connectivity index (χ4v) is 4.94. The van der Waals surface area contributed by atoms with Crippen LogP contribution in [0, 0.1) is 10.1 Å². The van der Waals surface area contributed by atoms with Crippen molar-refractivity contribution in [3.05, 3.63) is 49.8 Å². The predicted octanol–water partition coefficient (Wildman–Crippen LogP) is 3.35. The highest BCUT2D eigenvalue weighted by atomic mass is 32.2. The van der Waals surface area contributed by atoms with Gasteiger partial charge in [-0.2, -0.15) is 0 Å². The summed E-state index contributed by atoms with van der Waals surface area (Å²) in [6.07, 6.45) is 5.14. The number of H-pyrrole nitrogens is 1. The molecule has 158 valence electrons. The number of rotatable bonds is 6. The molecule has 30 heavy (non-hydrogen) atoms. The number of benzene rings is 1. The van der Waals surface area contributed by atoms with E-state index in [0.717, 1.165) is 38.2 Å². The van der Waals surface area contributed by atoms with Crippen LogP contribution in [0.3, 0.4) is 0 Å². The lowest BCUT2D eigenvalue weighted by Gasteiger charge is -2.21. The Kier molecular flexibility index (Phi) is 6.11. The van der Waals surface area contributed by atoms with Crippen molar-refractivity contribution in [2.45, 2.75) is 42.2 Å². The van der Waals surface area contributed by atoms with E-state index in [0.29, 0.717) is 4.90 Å². The number of pyridine rings is 1. The van der Waals surface area contributed by atoms with Crippen molar-refractivity contribution in [3.63, 3.8) is 0 Å². The van der Waals surface area contributed by atoms with E-state index in [1.165, 1.54) is 23.9 Å². The number of aromatic carboxylic acids is 2. The number of carboxylic acid groups (broad SMARTS) is 2. The fraction of sp³-hybridized carbons (Fsp3) is 0.316. The van der Waals surface area contributed by atoms with E-state index < -0.39 is 44.9 Å². The second-order valence-electron chi connectivity index (χ2n) is 6.92. The minimum absolute atomic E-state index is 0.0812. The van der Waals surface area contributed by atoms with E-state index in [9.17, 15) is 34.7 Å². The number of carbonyl (C=O) groups is 2. The van der Waals surface area contributed by atoms with Gasteiger partial charge in [0.1, 0.15) is 16.9 Å². The van der Waals surface area contributed by atoms with E-state index >= 15 is 0 Å². The molecule has 11 heteroatoms. The average Bonchev–Trinajstić information content (AvgIpc) is 2.67. The van der Waals surface area contributed by atoms with Crippen LogP contribution in [0.4, 0.5) is 11.5 Å². The number of nitrogen functional groups attached to an aromatic ring is 1. The smallest absolute Gasteiger partial charge is 0.342 e. The van der Waals surface area contributed by atoms with Gasteiger partial charge < -0.3 is 20.9 Å². The first-order chi connectivity index (χ1) is 14.2. The summed E-state index contributed by atoms with van der Waals surface area (Å²) in [5.41, 5.74) is 2.22. The molecule has 0 radical (unpaired) electrons. The van der Waals surface area contributed by atoms with Gasteiger partial charge >= 0.3 is 11.9 Å². The van der Waals surface area contributed by atoms with Crippen LogP contribution in [0.25, 0.3) is 11.1 Å². The summed E-state index contributed by atoms with van der Waals surface area (Å²) < 4.78 is 0. The van der Waals surface area contributed by atoms with Gasteiger partial charge in [0, 0.05) is 16.9 Å². The van der Waals surface area contributed by atoms with Crippen LogP contribution in [0.1, 0.15) is 52.8 Å². The van der Waals surface area contributed by atoms with E-state index in [-0.39, 0.29) is 16.5 Å². The van der Waals surface area contributed by atoms with E-state index in [4.69, 9.17) is 5.73 Å². The highest BCUT2D eigenvalue weighted by molar-refractivity contribution is 8.00. The van der Waals surface area contributed by atoms with Crippen LogP contribution >= 0.6 is 11.8 Å². The molecule has 0 aliphatic heterocycles. The number of nitrogens with one attached hydrogen (secondary N) is 1. The highest BCUT2D eigenvalue weighted by Crippen LogP contribution is 2.41. The van der Waals surface area contributed by atoms with E-state index in [1.54, 1.807) is 0 Å². The normalized spacial score (nSPS) is 14.4. The number of hydrogen-bond donors (Lipinski definition) is 4. The van der Waals surface area contributed by atoms with Gasteiger partial charge in [-0.05, 0) is 24.5 Å². The highest BCUT2D eigenvalue weighted by Gasteiger charge is 2.29. The molecule has 1 aromatic carbocycles. The lowest BCUT2D eigenvalue weighted by Crippen LogP contribution is -2.24. The lowest BCUT2D eigenvalue weighted by atomic mass is 9.95. The molecule has 1 fully saturated rings. The average molecular weight is 433 g/mol. The monoisotopic (exact) mass is 433 g/mol. The molecule has 1 saturated carbocycles. The van der Waals surface area contributed by atoms with Gasteiger partial charge in [0.05, 0.1) is 9.82 Å². The molecule has 0 atom stereocenters. The zero-order valence-electron chi connectivity index (χ0n) is 15.7. The maximum atomic E-state index is 12.2. The van der Waals surface area contributed by atoms with Gasteiger partial charge in [-0.25, -0.2) is 9.59 Å². The summed E-state index contributed by atoms with van der Waals surface area (Å²) in [5, 5.41) is 30.9. The Labute approximate surface area is 174 Å². The van der Waals surface area contributed by atoms with E-state index in [1.807, 2.05) is 4.98 Å². The Morgan fingerprint density at radius 1 is 1.13 bits per heavy atom. The molecule has 10 nitrogen and oxygen atoms in total. The van der Waals surface area contributed by atoms with Crippen LogP contribution in [0.2, 0.25) is 0 Å². The zero-order valence-corrected chi connectivity index (χ0v) is 16.5. The number of hydrogen-bond acceptors (Lipinski definition) is 7. The Hall–Kier alpha value is -3.34.